The number of halogens is 1. The van der Waals surface area contributed by atoms with Gasteiger partial charge < -0.3 is 5.11 Å². The van der Waals surface area contributed by atoms with Gasteiger partial charge in [-0.3, -0.25) is 0 Å². The van der Waals surface area contributed by atoms with Gasteiger partial charge in [0.2, 0.25) is 0 Å². The van der Waals surface area contributed by atoms with Crippen molar-refractivity contribution < 1.29 is 9.59 Å². The lowest BCUT2D eigenvalue weighted by Crippen LogP contribution is -2.14. The first-order valence-electron chi connectivity index (χ1n) is 3.33. The predicted molar refractivity (Wildman–Crippen MR) is 40.3 cm³/mol. The fourth-order valence-electron chi connectivity index (χ4n) is 0.831. The van der Waals surface area contributed by atoms with Crippen molar-refractivity contribution >= 4 is 0 Å². The Hall–Kier alpha value is -0.930. The maximum atomic E-state index is 12.4. The summed E-state index contributed by atoms with van der Waals surface area (Å²) in [5.74, 6) is 0. The van der Waals surface area contributed by atoms with Crippen LogP contribution in [0.4, 0.5) is 4.48 Å². The summed E-state index contributed by atoms with van der Waals surface area (Å²) in [5, 5.41) is 9.41. The predicted octanol–water partition coefficient (Wildman–Crippen LogP) is 1.49. The van der Waals surface area contributed by atoms with Gasteiger partial charge in [-0.15, -0.1) is 9.60 Å². The highest BCUT2D eigenvalue weighted by atomic mass is 19.2. The van der Waals surface area contributed by atoms with Crippen LogP contribution in [-0.2, 0) is 0 Å². The van der Waals surface area contributed by atoms with Gasteiger partial charge in [0.1, 0.15) is 0 Å². The van der Waals surface area contributed by atoms with Gasteiger partial charge in [-0.1, -0.05) is 30.3 Å². The summed E-state index contributed by atoms with van der Waals surface area (Å²) < 4.78 is 12.4. The van der Waals surface area contributed by atoms with Crippen molar-refractivity contribution in [2.75, 3.05) is 7.05 Å². The highest BCUT2D eigenvalue weighted by molar-refractivity contribution is 5.16. The summed E-state index contributed by atoms with van der Waals surface area (Å²) >= 11 is 0. The van der Waals surface area contributed by atoms with Crippen molar-refractivity contribution in [2.45, 2.75) is 6.23 Å². The monoisotopic (exact) mass is 155 g/mol. The van der Waals surface area contributed by atoms with Crippen LogP contribution in [0.15, 0.2) is 30.3 Å². The second-order valence-corrected chi connectivity index (χ2v) is 2.31. The summed E-state index contributed by atoms with van der Waals surface area (Å²) in [7, 11) is 1.18. The van der Waals surface area contributed by atoms with Crippen molar-refractivity contribution in [3.8, 4) is 0 Å². The third kappa shape index (κ3) is 2.00. The maximum Gasteiger partial charge on any atom is 0.160 e. The molecule has 0 radical (unpaired) electrons. The van der Waals surface area contributed by atoms with E-state index in [-0.39, 0.29) is 5.12 Å². The zero-order valence-electron chi connectivity index (χ0n) is 6.24. The highest BCUT2D eigenvalue weighted by Gasteiger charge is 2.10. The zero-order valence-corrected chi connectivity index (χ0v) is 6.24. The van der Waals surface area contributed by atoms with Gasteiger partial charge in [0.15, 0.2) is 6.23 Å². The first-order valence-corrected chi connectivity index (χ1v) is 3.33. The molecular formula is C8H10FNO. The summed E-state index contributed by atoms with van der Waals surface area (Å²) in [6.45, 7) is 0. The molecule has 0 saturated carbocycles. The Labute approximate surface area is 64.8 Å². The van der Waals surface area contributed by atoms with Gasteiger partial charge in [-0.25, -0.2) is 0 Å². The molecule has 0 spiro atoms. The van der Waals surface area contributed by atoms with Crippen LogP contribution in [0.5, 0.6) is 0 Å². The Kier molecular flexibility index (Phi) is 2.57. The lowest BCUT2D eigenvalue weighted by Gasteiger charge is -2.13. The molecule has 0 saturated heterocycles. The van der Waals surface area contributed by atoms with Crippen molar-refractivity contribution in [2.24, 2.45) is 0 Å². The van der Waals surface area contributed by atoms with Gasteiger partial charge >= 0.3 is 0 Å². The van der Waals surface area contributed by atoms with Crippen molar-refractivity contribution in [1.29, 1.82) is 0 Å². The molecule has 2 nitrogen and oxygen atoms in total. The minimum Gasteiger partial charge on any atom is -0.372 e. The Bertz CT molecular complexity index is 213. The smallest absolute Gasteiger partial charge is 0.160 e. The van der Waals surface area contributed by atoms with Crippen LogP contribution in [0, 0.1) is 0 Å². The van der Waals surface area contributed by atoms with E-state index in [1.807, 2.05) is 6.07 Å². The molecule has 0 fully saturated rings. The third-order valence-electron chi connectivity index (χ3n) is 1.43. The largest absolute Gasteiger partial charge is 0.372 e. The van der Waals surface area contributed by atoms with Crippen LogP contribution in [-0.4, -0.2) is 17.3 Å². The second-order valence-electron chi connectivity index (χ2n) is 2.31. The number of hydrogen-bond donors (Lipinski definition) is 1. The van der Waals surface area contributed by atoms with Crippen molar-refractivity contribution in [3.63, 3.8) is 0 Å². The summed E-state index contributed by atoms with van der Waals surface area (Å²) in [6, 6.07) is 8.65. The van der Waals surface area contributed by atoms with Crippen LogP contribution in [0.2, 0.25) is 0 Å². The van der Waals surface area contributed by atoms with Gasteiger partial charge in [0, 0.05) is 7.05 Å². The van der Waals surface area contributed by atoms with E-state index in [2.05, 4.69) is 0 Å². The van der Waals surface area contributed by atoms with E-state index in [0.717, 1.165) is 0 Å². The molecule has 0 amide bonds. The summed E-state index contributed by atoms with van der Waals surface area (Å²) in [5.41, 5.74) is 0.553. The topological polar surface area (TPSA) is 23.5 Å². The van der Waals surface area contributed by atoms with E-state index >= 15 is 0 Å². The van der Waals surface area contributed by atoms with Gasteiger partial charge in [0.05, 0.1) is 0 Å². The maximum absolute atomic E-state index is 12.4. The van der Waals surface area contributed by atoms with Gasteiger partial charge in [-0.2, -0.15) is 0 Å². The average molecular weight is 155 g/mol. The highest BCUT2D eigenvalue weighted by Crippen LogP contribution is 2.14. The molecule has 3 heteroatoms. The number of rotatable bonds is 2. The van der Waals surface area contributed by atoms with Crippen LogP contribution < -0.4 is 0 Å². The number of nitrogens with zero attached hydrogens (tertiary/aromatic N) is 1. The van der Waals surface area contributed by atoms with Gasteiger partial charge in [0.25, 0.3) is 0 Å². The molecule has 0 heterocycles. The molecule has 1 atom stereocenters. The van der Waals surface area contributed by atoms with E-state index in [0.29, 0.717) is 5.56 Å². The first-order chi connectivity index (χ1) is 5.22. The number of aliphatic hydroxyl groups is 1. The standard InChI is InChI=1S/C8H10FNO/c1-10(9)8(11)7-5-3-2-4-6-7/h2-6,8,11H,1H3. The number of benzene rings is 1. The molecule has 0 aliphatic rings. The molecule has 0 aliphatic heterocycles. The molecule has 60 valence electrons. The van der Waals surface area contributed by atoms with Crippen LogP contribution >= 0.6 is 0 Å². The molecular weight excluding hydrogens is 145 g/mol. The van der Waals surface area contributed by atoms with E-state index in [9.17, 15) is 4.48 Å². The molecule has 0 aliphatic carbocycles. The van der Waals surface area contributed by atoms with Crippen LogP contribution in [0.3, 0.4) is 0 Å². The SMILES string of the molecule is CN(F)C(O)c1ccccc1. The molecule has 1 aromatic rings. The molecule has 1 unspecified atom stereocenters. The molecule has 1 rings (SSSR count). The van der Waals surface area contributed by atoms with Gasteiger partial charge in [-0.05, 0) is 5.56 Å². The van der Waals surface area contributed by atoms with Crippen molar-refractivity contribution in [1.82, 2.24) is 5.12 Å². The van der Waals surface area contributed by atoms with Crippen molar-refractivity contribution in [3.05, 3.63) is 35.9 Å². The fraction of sp³-hybridized carbons (Fsp3) is 0.250. The van der Waals surface area contributed by atoms with E-state index in [1.165, 1.54) is 7.05 Å². The molecule has 1 N–H and O–H groups in total. The van der Waals surface area contributed by atoms with E-state index in [1.54, 1.807) is 24.3 Å². The lowest BCUT2D eigenvalue weighted by molar-refractivity contribution is -0.104. The Morgan fingerprint density at radius 1 is 1.36 bits per heavy atom. The third-order valence-corrected chi connectivity index (χ3v) is 1.43. The quantitative estimate of drug-likeness (QED) is 0.516. The lowest BCUT2D eigenvalue weighted by atomic mass is 10.2. The minimum atomic E-state index is -1.16. The van der Waals surface area contributed by atoms with Crippen LogP contribution in [0.1, 0.15) is 11.8 Å². The molecule has 0 bridgehead atoms. The minimum absolute atomic E-state index is 0.259. The Morgan fingerprint density at radius 2 is 1.91 bits per heavy atom. The Balaban J connectivity index is 2.77. The van der Waals surface area contributed by atoms with Crippen LogP contribution in [0.25, 0.3) is 0 Å². The van der Waals surface area contributed by atoms with E-state index in [4.69, 9.17) is 5.11 Å². The Morgan fingerprint density at radius 3 is 2.36 bits per heavy atom. The molecule has 0 aromatic heterocycles. The fourth-order valence-corrected chi connectivity index (χ4v) is 0.831. The summed E-state index contributed by atoms with van der Waals surface area (Å²) in [6.07, 6.45) is -1.16. The average Bonchev–Trinajstić information content (AvgIpc) is 2.05. The van der Waals surface area contributed by atoms with E-state index < -0.39 is 6.23 Å². The molecule has 11 heavy (non-hydrogen) atoms. The zero-order chi connectivity index (χ0) is 8.27. The molecule has 1 aromatic carbocycles. The summed E-state index contributed by atoms with van der Waals surface area (Å²) in [4.78, 5) is 0. The normalized spacial score (nSPS) is 13.5. The number of hydrogen-bond acceptors (Lipinski definition) is 2. The first kappa shape index (κ1) is 8.17. The number of aliphatic hydroxyl groups excluding tert-OH is 1. The second kappa shape index (κ2) is 3.46.